The molecule has 0 aliphatic carbocycles. The summed E-state index contributed by atoms with van der Waals surface area (Å²) in [6.45, 7) is 0.690. The van der Waals surface area contributed by atoms with E-state index >= 15 is 0 Å². The first-order valence-corrected chi connectivity index (χ1v) is 8.14. The first-order chi connectivity index (χ1) is 12.0. The van der Waals surface area contributed by atoms with Gasteiger partial charge in [-0.1, -0.05) is 18.2 Å². The molecule has 1 amide bonds. The van der Waals surface area contributed by atoms with Gasteiger partial charge in [0.2, 0.25) is 0 Å². The van der Waals surface area contributed by atoms with E-state index in [1.807, 2.05) is 6.07 Å². The number of amides is 1. The summed E-state index contributed by atoms with van der Waals surface area (Å²) in [4.78, 5) is 36.8. The predicted octanol–water partition coefficient (Wildman–Crippen LogP) is 1.03. The first kappa shape index (κ1) is 16.9. The van der Waals surface area contributed by atoms with E-state index in [2.05, 4.69) is 5.10 Å². The van der Waals surface area contributed by atoms with Crippen LogP contribution < -0.4 is 5.01 Å². The van der Waals surface area contributed by atoms with Gasteiger partial charge in [-0.05, 0) is 25.0 Å². The Hall–Kier alpha value is -2.90. The fourth-order valence-electron chi connectivity index (χ4n) is 3.16. The Balaban J connectivity index is 1.75. The molecule has 2 N–H and O–H groups in total. The lowest BCUT2D eigenvalue weighted by Gasteiger charge is -2.29. The maximum absolute atomic E-state index is 12.7. The van der Waals surface area contributed by atoms with Gasteiger partial charge in [0, 0.05) is 19.5 Å². The number of hydrazone groups is 1. The van der Waals surface area contributed by atoms with Crippen molar-refractivity contribution in [1.29, 1.82) is 0 Å². The van der Waals surface area contributed by atoms with Crippen LogP contribution in [0.15, 0.2) is 35.4 Å². The maximum atomic E-state index is 12.7. The fourth-order valence-corrected chi connectivity index (χ4v) is 3.16. The third kappa shape index (κ3) is 3.47. The van der Waals surface area contributed by atoms with E-state index in [9.17, 15) is 19.5 Å². The Morgan fingerprint density at radius 2 is 1.64 bits per heavy atom. The van der Waals surface area contributed by atoms with E-state index in [-0.39, 0.29) is 18.0 Å². The van der Waals surface area contributed by atoms with Crippen molar-refractivity contribution in [2.24, 2.45) is 11.0 Å². The number of aliphatic carboxylic acids is 2. The van der Waals surface area contributed by atoms with Gasteiger partial charge >= 0.3 is 11.9 Å². The molecule has 8 nitrogen and oxygen atoms in total. The molecule has 132 valence electrons. The molecule has 0 bridgehead atoms. The van der Waals surface area contributed by atoms with Gasteiger partial charge in [0.15, 0.2) is 6.04 Å². The van der Waals surface area contributed by atoms with Crippen molar-refractivity contribution in [2.75, 3.05) is 18.1 Å². The number of carbonyl (C=O) groups excluding carboxylic acids is 1. The zero-order valence-electron chi connectivity index (χ0n) is 13.5. The van der Waals surface area contributed by atoms with Crippen LogP contribution in [0.2, 0.25) is 0 Å². The summed E-state index contributed by atoms with van der Waals surface area (Å²) in [7, 11) is 0. The first-order valence-electron chi connectivity index (χ1n) is 8.14. The van der Waals surface area contributed by atoms with E-state index < -0.39 is 23.9 Å². The van der Waals surface area contributed by atoms with Gasteiger partial charge in [0.25, 0.3) is 5.91 Å². The molecule has 1 fully saturated rings. The number of nitrogens with zero attached hydrogens (tertiary/aromatic N) is 3. The monoisotopic (exact) mass is 345 g/mol. The Morgan fingerprint density at radius 3 is 2.20 bits per heavy atom. The number of anilines is 1. The third-order valence-electron chi connectivity index (χ3n) is 4.59. The Kier molecular flexibility index (Phi) is 4.69. The van der Waals surface area contributed by atoms with Gasteiger partial charge in [-0.15, -0.1) is 0 Å². The lowest BCUT2D eigenvalue weighted by molar-refractivity contribution is -0.144. The molecule has 0 saturated carbocycles. The van der Waals surface area contributed by atoms with E-state index in [0.29, 0.717) is 31.6 Å². The number of rotatable bonds is 4. The number of para-hydroxylation sites is 1. The van der Waals surface area contributed by atoms with Crippen LogP contribution in [-0.4, -0.2) is 57.8 Å². The SMILES string of the molecule is O=C(O)C1CCN(C(=O)C2=NN(c3ccccc3)C(C(=O)O)C2)CC1. The van der Waals surface area contributed by atoms with Crippen molar-refractivity contribution >= 4 is 29.2 Å². The molecule has 2 aliphatic rings. The number of likely N-dealkylation sites (tertiary alicyclic amines) is 1. The molecular weight excluding hydrogens is 326 g/mol. The minimum Gasteiger partial charge on any atom is -0.481 e. The van der Waals surface area contributed by atoms with Crippen molar-refractivity contribution in [2.45, 2.75) is 25.3 Å². The zero-order chi connectivity index (χ0) is 18.0. The normalized spacial score (nSPS) is 21.1. The molecule has 8 heteroatoms. The molecule has 1 aromatic rings. The summed E-state index contributed by atoms with van der Waals surface area (Å²) in [6.07, 6.45) is 0.833. The molecule has 0 spiro atoms. The predicted molar refractivity (Wildman–Crippen MR) is 89.3 cm³/mol. The highest BCUT2D eigenvalue weighted by Gasteiger charge is 2.38. The summed E-state index contributed by atoms with van der Waals surface area (Å²) in [5.41, 5.74) is 0.812. The lowest BCUT2D eigenvalue weighted by atomic mass is 9.96. The average Bonchev–Trinajstić information content (AvgIpc) is 3.07. The number of carboxylic acid groups (broad SMARTS) is 2. The smallest absolute Gasteiger partial charge is 0.328 e. The summed E-state index contributed by atoms with van der Waals surface area (Å²) in [5, 5.41) is 24.1. The zero-order valence-corrected chi connectivity index (χ0v) is 13.5. The average molecular weight is 345 g/mol. The van der Waals surface area contributed by atoms with Crippen LogP contribution in [0.3, 0.4) is 0 Å². The minimum atomic E-state index is -1.04. The second kappa shape index (κ2) is 6.92. The van der Waals surface area contributed by atoms with Crippen LogP contribution in [0.5, 0.6) is 0 Å². The molecule has 0 aromatic heterocycles. The maximum Gasteiger partial charge on any atom is 0.328 e. The highest BCUT2D eigenvalue weighted by molar-refractivity contribution is 6.40. The molecule has 1 unspecified atom stereocenters. The Morgan fingerprint density at radius 1 is 1.00 bits per heavy atom. The molecule has 25 heavy (non-hydrogen) atoms. The Bertz CT molecular complexity index is 710. The van der Waals surface area contributed by atoms with Gasteiger partial charge in [-0.25, -0.2) is 4.79 Å². The van der Waals surface area contributed by atoms with E-state index in [1.54, 1.807) is 29.2 Å². The van der Waals surface area contributed by atoms with E-state index in [4.69, 9.17) is 5.11 Å². The second-order valence-corrected chi connectivity index (χ2v) is 6.19. The van der Waals surface area contributed by atoms with Crippen LogP contribution in [0.4, 0.5) is 5.69 Å². The molecule has 2 heterocycles. The number of carboxylic acids is 2. The lowest BCUT2D eigenvalue weighted by Crippen LogP contribution is -2.43. The molecule has 1 aromatic carbocycles. The minimum absolute atomic E-state index is 0.0297. The summed E-state index contributed by atoms with van der Waals surface area (Å²) < 4.78 is 0. The summed E-state index contributed by atoms with van der Waals surface area (Å²) in [5.74, 6) is -2.62. The molecule has 2 aliphatic heterocycles. The molecule has 1 atom stereocenters. The van der Waals surface area contributed by atoms with Crippen molar-refractivity contribution in [3.63, 3.8) is 0 Å². The van der Waals surface area contributed by atoms with Crippen molar-refractivity contribution in [3.05, 3.63) is 30.3 Å². The third-order valence-corrected chi connectivity index (χ3v) is 4.59. The van der Waals surface area contributed by atoms with Crippen molar-refractivity contribution < 1.29 is 24.6 Å². The van der Waals surface area contributed by atoms with Crippen LogP contribution >= 0.6 is 0 Å². The number of hydrogen-bond donors (Lipinski definition) is 2. The van der Waals surface area contributed by atoms with Crippen LogP contribution in [-0.2, 0) is 14.4 Å². The number of hydrogen-bond acceptors (Lipinski definition) is 5. The van der Waals surface area contributed by atoms with Crippen molar-refractivity contribution in [3.8, 4) is 0 Å². The van der Waals surface area contributed by atoms with Crippen molar-refractivity contribution in [1.82, 2.24) is 4.90 Å². The molecule has 1 saturated heterocycles. The summed E-state index contributed by atoms with van der Waals surface area (Å²) in [6, 6.07) is 7.94. The fraction of sp³-hybridized carbons (Fsp3) is 0.412. The van der Waals surface area contributed by atoms with E-state index in [1.165, 1.54) is 5.01 Å². The van der Waals surface area contributed by atoms with Gasteiger partial charge in [0.05, 0.1) is 11.6 Å². The molecular formula is C17H19N3O5. The van der Waals surface area contributed by atoms with Crippen LogP contribution in [0.25, 0.3) is 0 Å². The quantitative estimate of drug-likeness (QED) is 0.843. The molecule has 0 radical (unpaired) electrons. The van der Waals surface area contributed by atoms with Gasteiger partial charge in [-0.2, -0.15) is 5.10 Å². The van der Waals surface area contributed by atoms with Gasteiger partial charge in [-0.3, -0.25) is 14.6 Å². The highest BCUT2D eigenvalue weighted by atomic mass is 16.4. The standard InChI is InChI=1S/C17H19N3O5/c21-15(19-8-6-11(7-9-19)16(22)23)13-10-14(17(24)25)20(18-13)12-4-2-1-3-5-12/h1-5,11,14H,6-10H2,(H,22,23)(H,24,25). The highest BCUT2D eigenvalue weighted by Crippen LogP contribution is 2.26. The number of benzene rings is 1. The largest absolute Gasteiger partial charge is 0.481 e. The van der Waals surface area contributed by atoms with Gasteiger partial charge < -0.3 is 15.1 Å². The van der Waals surface area contributed by atoms with Crippen LogP contribution in [0, 0.1) is 5.92 Å². The summed E-state index contributed by atoms with van der Waals surface area (Å²) >= 11 is 0. The number of piperidine rings is 1. The molecule has 3 rings (SSSR count). The van der Waals surface area contributed by atoms with Gasteiger partial charge in [0.1, 0.15) is 5.71 Å². The van der Waals surface area contributed by atoms with E-state index in [0.717, 1.165) is 0 Å². The Labute approximate surface area is 144 Å². The number of carbonyl (C=O) groups is 3. The second-order valence-electron chi connectivity index (χ2n) is 6.19. The van der Waals surface area contributed by atoms with Crippen LogP contribution in [0.1, 0.15) is 19.3 Å². The topological polar surface area (TPSA) is 111 Å².